The van der Waals surface area contributed by atoms with Crippen LogP contribution in [-0.4, -0.2) is 25.2 Å². The van der Waals surface area contributed by atoms with Crippen LogP contribution >= 0.6 is 0 Å². The van der Waals surface area contributed by atoms with E-state index in [1.54, 1.807) is 50.2 Å². The minimum absolute atomic E-state index is 0.328. The predicted molar refractivity (Wildman–Crippen MR) is 83.8 cm³/mol. The zero-order valence-electron chi connectivity index (χ0n) is 12.7. The molecule has 2 aromatic carbocycles. The first-order valence-electron chi connectivity index (χ1n) is 7.21. The first-order valence-corrected chi connectivity index (χ1v) is 7.21. The third-order valence-corrected chi connectivity index (χ3v) is 3.13. The van der Waals surface area contributed by atoms with E-state index in [9.17, 15) is 9.59 Å². The molecule has 0 aromatic heterocycles. The maximum Gasteiger partial charge on any atom is 0.338 e. The van der Waals surface area contributed by atoms with Crippen molar-refractivity contribution >= 4 is 11.9 Å². The van der Waals surface area contributed by atoms with Gasteiger partial charge in [-0.25, -0.2) is 9.59 Å². The molecule has 0 saturated heterocycles. The van der Waals surface area contributed by atoms with Crippen molar-refractivity contribution < 1.29 is 19.1 Å². The van der Waals surface area contributed by atoms with Gasteiger partial charge >= 0.3 is 11.9 Å². The van der Waals surface area contributed by atoms with Gasteiger partial charge in [-0.3, -0.25) is 0 Å². The molecule has 0 aliphatic heterocycles. The standard InChI is InChI=1S/C18H18O4/c1-3-21-17(19)14-11-9-13(10-12-14)15-7-5-6-8-16(15)18(20)22-4-2/h5-12H,3-4H2,1-2H3. The molecule has 2 rings (SSSR count). The van der Waals surface area contributed by atoms with E-state index >= 15 is 0 Å². The quantitative estimate of drug-likeness (QED) is 0.790. The summed E-state index contributed by atoms with van der Waals surface area (Å²) in [5.41, 5.74) is 2.61. The number of hydrogen-bond acceptors (Lipinski definition) is 4. The molecule has 0 aliphatic carbocycles. The molecular formula is C18H18O4. The largest absolute Gasteiger partial charge is 0.462 e. The van der Waals surface area contributed by atoms with Gasteiger partial charge in [0.25, 0.3) is 0 Å². The summed E-state index contributed by atoms with van der Waals surface area (Å²) >= 11 is 0. The number of carbonyl (C=O) groups excluding carboxylic acids is 2. The van der Waals surface area contributed by atoms with E-state index in [1.807, 2.05) is 12.1 Å². The van der Waals surface area contributed by atoms with Gasteiger partial charge in [0.2, 0.25) is 0 Å². The molecule has 0 atom stereocenters. The summed E-state index contributed by atoms with van der Waals surface area (Å²) in [5.74, 6) is -0.708. The van der Waals surface area contributed by atoms with E-state index in [1.165, 1.54) is 0 Å². The summed E-state index contributed by atoms with van der Waals surface area (Å²) in [7, 11) is 0. The lowest BCUT2D eigenvalue weighted by atomic mass is 9.99. The van der Waals surface area contributed by atoms with Crippen molar-refractivity contribution in [2.24, 2.45) is 0 Å². The van der Waals surface area contributed by atoms with Gasteiger partial charge in [-0.1, -0.05) is 30.3 Å². The summed E-state index contributed by atoms with van der Waals surface area (Å²) in [4.78, 5) is 23.7. The van der Waals surface area contributed by atoms with Gasteiger partial charge in [0.1, 0.15) is 0 Å². The van der Waals surface area contributed by atoms with Crippen LogP contribution in [0.4, 0.5) is 0 Å². The third-order valence-electron chi connectivity index (χ3n) is 3.13. The summed E-state index contributed by atoms with van der Waals surface area (Å²) in [5, 5.41) is 0. The molecule has 0 bridgehead atoms. The van der Waals surface area contributed by atoms with Crippen LogP contribution < -0.4 is 0 Å². The lowest BCUT2D eigenvalue weighted by Crippen LogP contribution is -2.06. The highest BCUT2D eigenvalue weighted by molar-refractivity contribution is 5.97. The lowest BCUT2D eigenvalue weighted by Gasteiger charge is -2.09. The van der Waals surface area contributed by atoms with Crippen molar-refractivity contribution in [3.8, 4) is 11.1 Å². The molecule has 0 heterocycles. The van der Waals surface area contributed by atoms with E-state index in [0.717, 1.165) is 11.1 Å². The highest BCUT2D eigenvalue weighted by Gasteiger charge is 2.14. The fourth-order valence-corrected chi connectivity index (χ4v) is 2.12. The minimum atomic E-state index is -0.354. The van der Waals surface area contributed by atoms with E-state index in [4.69, 9.17) is 9.47 Å². The van der Waals surface area contributed by atoms with Crippen LogP contribution in [0.25, 0.3) is 11.1 Å². The van der Waals surface area contributed by atoms with Gasteiger partial charge in [-0.15, -0.1) is 0 Å². The SMILES string of the molecule is CCOC(=O)c1ccc(-c2ccccc2C(=O)OCC)cc1. The Kier molecular flexibility index (Phi) is 5.31. The number of benzene rings is 2. The first kappa shape index (κ1) is 15.8. The monoisotopic (exact) mass is 298 g/mol. The van der Waals surface area contributed by atoms with Crippen LogP contribution in [0.15, 0.2) is 48.5 Å². The average Bonchev–Trinajstić information content (AvgIpc) is 2.55. The Bertz CT molecular complexity index is 659. The molecule has 0 radical (unpaired) electrons. The summed E-state index contributed by atoms with van der Waals surface area (Å²) in [6.45, 7) is 4.21. The maximum absolute atomic E-state index is 12.0. The second-order valence-corrected chi connectivity index (χ2v) is 4.56. The van der Waals surface area contributed by atoms with Crippen LogP contribution in [0.3, 0.4) is 0 Å². The topological polar surface area (TPSA) is 52.6 Å². The first-order chi connectivity index (χ1) is 10.7. The second kappa shape index (κ2) is 7.41. The molecule has 0 N–H and O–H groups in total. The van der Waals surface area contributed by atoms with Gasteiger partial charge in [0, 0.05) is 0 Å². The van der Waals surface area contributed by atoms with Crippen molar-refractivity contribution in [1.82, 2.24) is 0 Å². The molecule has 0 spiro atoms. The Hall–Kier alpha value is -2.62. The maximum atomic E-state index is 12.0. The predicted octanol–water partition coefficient (Wildman–Crippen LogP) is 3.71. The Labute approximate surface area is 129 Å². The van der Waals surface area contributed by atoms with Crippen LogP contribution in [0, 0.1) is 0 Å². The van der Waals surface area contributed by atoms with E-state index in [-0.39, 0.29) is 11.9 Å². The normalized spacial score (nSPS) is 10.1. The van der Waals surface area contributed by atoms with Crippen LogP contribution in [-0.2, 0) is 9.47 Å². The molecular weight excluding hydrogens is 280 g/mol. The van der Waals surface area contributed by atoms with Crippen molar-refractivity contribution in [3.05, 3.63) is 59.7 Å². The molecule has 0 amide bonds. The molecule has 0 unspecified atom stereocenters. The Balaban J connectivity index is 2.33. The fourth-order valence-electron chi connectivity index (χ4n) is 2.12. The third kappa shape index (κ3) is 3.52. The number of rotatable bonds is 5. The Morgan fingerprint density at radius 3 is 2.05 bits per heavy atom. The van der Waals surface area contributed by atoms with Gasteiger partial charge in [0.05, 0.1) is 24.3 Å². The zero-order valence-corrected chi connectivity index (χ0v) is 12.7. The van der Waals surface area contributed by atoms with Crippen molar-refractivity contribution in [1.29, 1.82) is 0 Å². The van der Waals surface area contributed by atoms with Crippen molar-refractivity contribution in [2.45, 2.75) is 13.8 Å². The molecule has 4 nitrogen and oxygen atoms in total. The molecule has 22 heavy (non-hydrogen) atoms. The van der Waals surface area contributed by atoms with E-state index < -0.39 is 0 Å². The van der Waals surface area contributed by atoms with Crippen LogP contribution in [0.2, 0.25) is 0 Å². The van der Waals surface area contributed by atoms with Crippen LogP contribution in [0.1, 0.15) is 34.6 Å². The van der Waals surface area contributed by atoms with Gasteiger partial charge < -0.3 is 9.47 Å². The Morgan fingerprint density at radius 2 is 1.41 bits per heavy atom. The van der Waals surface area contributed by atoms with E-state index in [0.29, 0.717) is 24.3 Å². The molecule has 0 saturated carbocycles. The lowest BCUT2D eigenvalue weighted by molar-refractivity contribution is 0.0517. The number of ether oxygens (including phenoxy) is 2. The minimum Gasteiger partial charge on any atom is -0.462 e. The van der Waals surface area contributed by atoms with E-state index in [2.05, 4.69) is 0 Å². The van der Waals surface area contributed by atoms with Crippen molar-refractivity contribution in [2.75, 3.05) is 13.2 Å². The molecule has 0 aliphatic rings. The molecule has 0 fully saturated rings. The highest BCUT2D eigenvalue weighted by atomic mass is 16.5. The van der Waals surface area contributed by atoms with Crippen LogP contribution in [0.5, 0.6) is 0 Å². The second-order valence-electron chi connectivity index (χ2n) is 4.56. The smallest absolute Gasteiger partial charge is 0.338 e. The Morgan fingerprint density at radius 1 is 0.818 bits per heavy atom. The van der Waals surface area contributed by atoms with Gasteiger partial charge in [0.15, 0.2) is 0 Å². The summed E-state index contributed by atoms with van der Waals surface area (Å²) in [6, 6.07) is 14.2. The molecule has 114 valence electrons. The molecule has 2 aromatic rings. The number of carbonyl (C=O) groups is 2. The average molecular weight is 298 g/mol. The zero-order chi connectivity index (χ0) is 15.9. The summed E-state index contributed by atoms with van der Waals surface area (Å²) < 4.78 is 10.0. The van der Waals surface area contributed by atoms with Gasteiger partial charge in [-0.2, -0.15) is 0 Å². The van der Waals surface area contributed by atoms with Crippen molar-refractivity contribution in [3.63, 3.8) is 0 Å². The number of hydrogen-bond donors (Lipinski definition) is 0. The number of esters is 2. The highest BCUT2D eigenvalue weighted by Crippen LogP contribution is 2.25. The fraction of sp³-hybridized carbons (Fsp3) is 0.222. The molecule has 4 heteroatoms. The summed E-state index contributed by atoms with van der Waals surface area (Å²) in [6.07, 6.45) is 0. The van der Waals surface area contributed by atoms with Gasteiger partial charge in [-0.05, 0) is 43.2 Å².